The van der Waals surface area contributed by atoms with Crippen LogP contribution in [0.3, 0.4) is 0 Å². The third-order valence-corrected chi connectivity index (χ3v) is 4.75. The van der Waals surface area contributed by atoms with Gasteiger partial charge in [-0.2, -0.15) is 0 Å². The zero-order valence-corrected chi connectivity index (χ0v) is 12.5. The zero-order chi connectivity index (χ0) is 13.3. The van der Waals surface area contributed by atoms with Gasteiger partial charge in [0, 0.05) is 10.9 Å². The molecule has 1 N–H and O–H groups in total. The topological polar surface area (TPSA) is 20.2 Å². The summed E-state index contributed by atoms with van der Waals surface area (Å²) >= 11 is 3.25. The fraction of sp³-hybridized carbons (Fsp3) is 0.600. The first-order valence-corrected chi connectivity index (χ1v) is 7.36. The minimum absolute atomic E-state index is 0.226. The van der Waals surface area contributed by atoms with Crippen molar-refractivity contribution in [2.24, 2.45) is 11.8 Å². The second-order valence-corrected chi connectivity index (χ2v) is 6.71. The number of benzene rings is 1. The molecule has 0 spiro atoms. The molecule has 0 aliphatic heterocycles. The van der Waals surface area contributed by atoms with E-state index in [-0.39, 0.29) is 11.7 Å². The number of rotatable bonds is 2. The molecule has 3 unspecified atom stereocenters. The van der Waals surface area contributed by atoms with Gasteiger partial charge in [-0.15, -0.1) is 0 Å². The van der Waals surface area contributed by atoms with E-state index in [1.807, 2.05) is 6.07 Å². The Morgan fingerprint density at radius 1 is 1.44 bits per heavy atom. The van der Waals surface area contributed by atoms with Crippen LogP contribution < -0.4 is 0 Å². The van der Waals surface area contributed by atoms with E-state index in [0.29, 0.717) is 17.9 Å². The fourth-order valence-corrected chi connectivity index (χ4v) is 3.27. The lowest BCUT2D eigenvalue weighted by Gasteiger charge is -2.41. The highest BCUT2D eigenvalue weighted by molar-refractivity contribution is 9.10. The SMILES string of the molecule is CC1CCC(O)(Cc2ccc(Br)cc2F)C(C)C1. The molecule has 1 aliphatic rings. The van der Waals surface area contributed by atoms with E-state index >= 15 is 0 Å². The minimum Gasteiger partial charge on any atom is -0.389 e. The lowest BCUT2D eigenvalue weighted by Crippen LogP contribution is -2.43. The van der Waals surface area contributed by atoms with E-state index in [1.165, 1.54) is 6.07 Å². The van der Waals surface area contributed by atoms with Crippen molar-refractivity contribution >= 4 is 15.9 Å². The van der Waals surface area contributed by atoms with E-state index in [4.69, 9.17) is 0 Å². The Balaban J connectivity index is 2.17. The van der Waals surface area contributed by atoms with Crippen molar-refractivity contribution < 1.29 is 9.50 Å². The van der Waals surface area contributed by atoms with Crippen LogP contribution in [-0.4, -0.2) is 10.7 Å². The molecule has 1 fully saturated rings. The Morgan fingerprint density at radius 2 is 2.17 bits per heavy atom. The average Bonchev–Trinajstić information content (AvgIpc) is 2.29. The number of hydrogen-bond acceptors (Lipinski definition) is 1. The first kappa shape index (κ1) is 14.0. The van der Waals surface area contributed by atoms with Crippen LogP contribution in [0.4, 0.5) is 4.39 Å². The van der Waals surface area contributed by atoms with Crippen LogP contribution in [0.5, 0.6) is 0 Å². The Hall–Kier alpha value is -0.410. The zero-order valence-electron chi connectivity index (χ0n) is 10.9. The summed E-state index contributed by atoms with van der Waals surface area (Å²) in [5, 5.41) is 10.7. The van der Waals surface area contributed by atoms with Gasteiger partial charge < -0.3 is 5.11 Å². The van der Waals surface area contributed by atoms with Gasteiger partial charge in [0.1, 0.15) is 5.82 Å². The Labute approximate surface area is 117 Å². The Bertz CT molecular complexity index is 435. The molecule has 1 nitrogen and oxygen atoms in total. The Morgan fingerprint density at radius 3 is 2.78 bits per heavy atom. The van der Waals surface area contributed by atoms with Crippen LogP contribution in [0.25, 0.3) is 0 Å². The molecule has 3 heteroatoms. The summed E-state index contributed by atoms with van der Waals surface area (Å²) in [5.41, 5.74) is -0.136. The van der Waals surface area contributed by atoms with Gasteiger partial charge in [0.25, 0.3) is 0 Å². The smallest absolute Gasteiger partial charge is 0.127 e. The van der Waals surface area contributed by atoms with Gasteiger partial charge in [-0.05, 0) is 48.8 Å². The van der Waals surface area contributed by atoms with Gasteiger partial charge in [-0.3, -0.25) is 0 Å². The molecule has 1 aromatic carbocycles. The standard InChI is InChI=1S/C15H20BrFO/c1-10-5-6-15(18,11(2)7-10)9-12-3-4-13(16)8-14(12)17/h3-4,8,10-11,18H,5-7,9H2,1-2H3. The summed E-state index contributed by atoms with van der Waals surface area (Å²) in [5.74, 6) is 0.656. The Kier molecular flexibility index (Phi) is 4.12. The first-order valence-electron chi connectivity index (χ1n) is 6.57. The van der Waals surface area contributed by atoms with Crippen molar-refractivity contribution in [3.8, 4) is 0 Å². The summed E-state index contributed by atoms with van der Waals surface area (Å²) in [6.07, 6.45) is 3.23. The van der Waals surface area contributed by atoms with Gasteiger partial charge >= 0.3 is 0 Å². The molecular weight excluding hydrogens is 295 g/mol. The third kappa shape index (κ3) is 2.94. The molecule has 3 atom stereocenters. The highest BCUT2D eigenvalue weighted by Gasteiger charge is 2.38. The molecule has 0 saturated heterocycles. The molecule has 1 saturated carbocycles. The maximum atomic E-state index is 13.8. The van der Waals surface area contributed by atoms with Crippen LogP contribution >= 0.6 is 15.9 Å². The van der Waals surface area contributed by atoms with Gasteiger partial charge in [0.15, 0.2) is 0 Å². The second-order valence-electron chi connectivity index (χ2n) is 5.80. The third-order valence-electron chi connectivity index (χ3n) is 4.25. The minimum atomic E-state index is -0.749. The first-order chi connectivity index (χ1) is 8.40. The predicted octanol–water partition coefficient (Wildman–Crippen LogP) is 4.32. The van der Waals surface area contributed by atoms with Gasteiger partial charge in [-0.25, -0.2) is 4.39 Å². The highest BCUT2D eigenvalue weighted by Crippen LogP contribution is 2.39. The van der Waals surface area contributed by atoms with Crippen LogP contribution in [-0.2, 0) is 6.42 Å². The van der Waals surface area contributed by atoms with Crippen molar-refractivity contribution in [3.63, 3.8) is 0 Å². The maximum absolute atomic E-state index is 13.8. The molecule has 18 heavy (non-hydrogen) atoms. The highest BCUT2D eigenvalue weighted by atomic mass is 79.9. The summed E-state index contributed by atoms with van der Waals surface area (Å²) < 4.78 is 14.6. The van der Waals surface area contributed by atoms with Gasteiger partial charge in [0.2, 0.25) is 0 Å². The molecule has 100 valence electrons. The number of halogens is 2. The van der Waals surface area contributed by atoms with Crippen LogP contribution in [0.1, 0.15) is 38.7 Å². The van der Waals surface area contributed by atoms with Crippen molar-refractivity contribution in [2.75, 3.05) is 0 Å². The molecule has 0 bridgehead atoms. The van der Waals surface area contributed by atoms with E-state index in [1.54, 1.807) is 6.07 Å². The number of aliphatic hydroxyl groups is 1. The van der Waals surface area contributed by atoms with Crippen LogP contribution in [0.2, 0.25) is 0 Å². The molecule has 1 aliphatic carbocycles. The molecule has 0 aromatic heterocycles. The van der Waals surface area contributed by atoms with Crippen molar-refractivity contribution in [3.05, 3.63) is 34.1 Å². The van der Waals surface area contributed by atoms with Crippen LogP contribution in [0, 0.1) is 17.7 Å². The summed E-state index contributed by atoms with van der Waals surface area (Å²) in [6, 6.07) is 5.06. The monoisotopic (exact) mass is 314 g/mol. The van der Waals surface area contributed by atoms with E-state index < -0.39 is 5.60 Å². The van der Waals surface area contributed by atoms with Crippen LogP contribution in [0.15, 0.2) is 22.7 Å². The molecule has 0 amide bonds. The second kappa shape index (κ2) is 5.30. The largest absolute Gasteiger partial charge is 0.389 e. The van der Waals surface area contributed by atoms with Gasteiger partial charge in [-0.1, -0.05) is 35.8 Å². The van der Waals surface area contributed by atoms with Crippen molar-refractivity contribution in [2.45, 2.75) is 45.1 Å². The van der Waals surface area contributed by atoms with Gasteiger partial charge in [0.05, 0.1) is 5.60 Å². The molecule has 2 rings (SSSR count). The lowest BCUT2D eigenvalue weighted by atomic mass is 9.70. The number of hydrogen-bond donors (Lipinski definition) is 1. The quantitative estimate of drug-likeness (QED) is 0.862. The summed E-state index contributed by atoms with van der Waals surface area (Å²) in [4.78, 5) is 0. The normalized spacial score (nSPS) is 32.5. The molecule has 1 aromatic rings. The summed E-state index contributed by atoms with van der Waals surface area (Å²) in [7, 11) is 0. The molecular formula is C15H20BrFO. The molecule has 0 radical (unpaired) electrons. The van der Waals surface area contributed by atoms with E-state index in [0.717, 1.165) is 23.7 Å². The average molecular weight is 315 g/mol. The fourth-order valence-electron chi connectivity index (χ4n) is 2.94. The maximum Gasteiger partial charge on any atom is 0.127 e. The predicted molar refractivity (Wildman–Crippen MR) is 74.9 cm³/mol. The van der Waals surface area contributed by atoms with Crippen molar-refractivity contribution in [1.29, 1.82) is 0 Å². The van der Waals surface area contributed by atoms with E-state index in [2.05, 4.69) is 29.8 Å². The summed E-state index contributed by atoms with van der Waals surface area (Å²) in [6.45, 7) is 4.29. The molecule has 0 heterocycles. The van der Waals surface area contributed by atoms with Crippen molar-refractivity contribution in [1.82, 2.24) is 0 Å². The van der Waals surface area contributed by atoms with E-state index in [9.17, 15) is 9.50 Å². The lowest BCUT2D eigenvalue weighted by molar-refractivity contribution is -0.0527.